The molecule has 1 fully saturated rings. The Kier molecular flexibility index (Phi) is 5.47. The molecular weight excluding hydrogens is 281 g/mol. The van der Waals surface area contributed by atoms with Gasteiger partial charge in [-0.1, -0.05) is 18.2 Å². The van der Waals surface area contributed by atoms with Crippen LogP contribution in [-0.4, -0.2) is 43.9 Å². The molecule has 0 radical (unpaired) electrons. The number of hydrogen-bond donors (Lipinski definition) is 1. The second-order valence-electron chi connectivity index (χ2n) is 5.09. The molecule has 21 heavy (non-hydrogen) atoms. The standard InChI is InChI=1S/C15H21F3N2O/c1-2-21-14-6-4-3-5-12(14)13(11-15(16,17)18)20-9-7-19-8-10-20/h3-6,13,19H,2,7-11H2,1H3/t13-/m0/s1. The van der Waals surface area contributed by atoms with E-state index in [1.54, 1.807) is 24.3 Å². The van der Waals surface area contributed by atoms with Gasteiger partial charge in [0.05, 0.1) is 13.0 Å². The van der Waals surface area contributed by atoms with E-state index in [-0.39, 0.29) is 0 Å². The lowest BCUT2D eigenvalue weighted by Gasteiger charge is -2.36. The van der Waals surface area contributed by atoms with Crippen molar-refractivity contribution in [2.75, 3.05) is 32.8 Å². The molecule has 1 aromatic carbocycles. The van der Waals surface area contributed by atoms with E-state index in [0.29, 0.717) is 44.1 Å². The molecule has 0 unspecified atom stereocenters. The molecule has 1 N–H and O–H groups in total. The predicted molar refractivity (Wildman–Crippen MR) is 75.5 cm³/mol. The highest BCUT2D eigenvalue weighted by atomic mass is 19.4. The SMILES string of the molecule is CCOc1ccccc1[C@H](CC(F)(F)F)N1CCNCC1. The Bertz CT molecular complexity index is 445. The van der Waals surface area contributed by atoms with Gasteiger partial charge in [0, 0.05) is 37.8 Å². The van der Waals surface area contributed by atoms with Crippen LogP contribution in [0.4, 0.5) is 13.2 Å². The predicted octanol–water partition coefficient (Wildman–Crippen LogP) is 2.98. The summed E-state index contributed by atoms with van der Waals surface area (Å²) in [6.45, 7) is 4.93. The van der Waals surface area contributed by atoms with E-state index in [9.17, 15) is 13.2 Å². The fourth-order valence-electron chi connectivity index (χ4n) is 2.69. The third-order valence-electron chi connectivity index (χ3n) is 3.60. The highest BCUT2D eigenvalue weighted by Crippen LogP contribution is 2.37. The van der Waals surface area contributed by atoms with Crippen LogP contribution in [0.3, 0.4) is 0 Å². The first-order valence-electron chi connectivity index (χ1n) is 7.24. The van der Waals surface area contributed by atoms with Gasteiger partial charge in [0.25, 0.3) is 0 Å². The van der Waals surface area contributed by atoms with Gasteiger partial charge in [-0.3, -0.25) is 4.90 Å². The van der Waals surface area contributed by atoms with Gasteiger partial charge in [-0.05, 0) is 13.0 Å². The van der Waals surface area contributed by atoms with Crippen LogP contribution in [0, 0.1) is 0 Å². The number of nitrogens with zero attached hydrogens (tertiary/aromatic N) is 1. The zero-order chi connectivity index (χ0) is 15.3. The minimum atomic E-state index is -4.20. The topological polar surface area (TPSA) is 24.5 Å². The maximum atomic E-state index is 13.0. The Morgan fingerprint density at radius 3 is 2.52 bits per heavy atom. The molecule has 0 bridgehead atoms. The Morgan fingerprint density at radius 2 is 1.90 bits per heavy atom. The fourth-order valence-corrected chi connectivity index (χ4v) is 2.69. The van der Waals surface area contributed by atoms with Crippen molar-refractivity contribution in [1.82, 2.24) is 10.2 Å². The molecule has 1 atom stereocenters. The van der Waals surface area contributed by atoms with E-state index < -0.39 is 18.6 Å². The van der Waals surface area contributed by atoms with Gasteiger partial charge >= 0.3 is 6.18 Å². The minimum Gasteiger partial charge on any atom is -0.494 e. The first-order chi connectivity index (χ1) is 10.0. The number of para-hydroxylation sites is 1. The molecule has 0 aliphatic carbocycles. The molecule has 0 saturated carbocycles. The molecule has 1 aliphatic heterocycles. The summed E-state index contributed by atoms with van der Waals surface area (Å²) in [7, 11) is 0. The van der Waals surface area contributed by atoms with Crippen molar-refractivity contribution in [3.05, 3.63) is 29.8 Å². The van der Waals surface area contributed by atoms with Gasteiger partial charge in [-0.25, -0.2) is 0 Å². The van der Waals surface area contributed by atoms with E-state index in [2.05, 4.69) is 5.32 Å². The number of ether oxygens (including phenoxy) is 1. The number of alkyl halides is 3. The summed E-state index contributed by atoms with van der Waals surface area (Å²) >= 11 is 0. The maximum Gasteiger partial charge on any atom is 0.390 e. The monoisotopic (exact) mass is 302 g/mol. The van der Waals surface area contributed by atoms with E-state index in [1.165, 1.54) is 0 Å². The van der Waals surface area contributed by atoms with Crippen LogP contribution >= 0.6 is 0 Å². The molecule has 1 aliphatic rings. The van der Waals surface area contributed by atoms with E-state index in [1.807, 2.05) is 11.8 Å². The van der Waals surface area contributed by atoms with Crippen molar-refractivity contribution in [3.8, 4) is 5.75 Å². The van der Waals surface area contributed by atoms with Gasteiger partial charge < -0.3 is 10.1 Å². The minimum absolute atomic E-state index is 0.442. The van der Waals surface area contributed by atoms with Gasteiger partial charge in [0.15, 0.2) is 0 Å². The second kappa shape index (κ2) is 7.13. The van der Waals surface area contributed by atoms with Crippen LogP contribution in [0.5, 0.6) is 5.75 Å². The van der Waals surface area contributed by atoms with Crippen LogP contribution in [0.1, 0.15) is 24.9 Å². The third-order valence-corrected chi connectivity index (χ3v) is 3.60. The average molecular weight is 302 g/mol. The quantitative estimate of drug-likeness (QED) is 0.905. The Labute approximate surface area is 123 Å². The first kappa shape index (κ1) is 16.1. The number of benzene rings is 1. The summed E-state index contributed by atoms with van der Waals surface area (Å²) in [6, 6.07) is 6.35. The van der Waals surface area contributed by atoms with Crippen molar-refractivity contribution in [1.29, 1.82) is 0 Å². The van der Waals surface area contributed by atoms with Gasteiger partial charge in [-0.2, -0.15) is 13.2 Å². The lowest BCUT2D eigenvalue weighted by atomic mass is 9.99. The van der Waals surface area contributed by atoms with Crippen LogP contribution in [0.15, 0.2) is 24.3 Å². The second-order valence-corrected chi connectivity index (χ2v) is 5.09. The van der Waals surface area contributed by atoms with Crippen LogP contribution in [0.25, 0.3) is 0 Å². The lowest BCUT2D eigenvalue weighted by Crippen LogP contribution is -2.46. The fraction of sp³-hybridized carbons (Fsp3) is 0.600. The number of hydrogen-bond acceptors (Lipinski definition) is 3. The van der Waals surface area contributed by atoms with E-state index in [0.717, 1.165) is 0 Å². The highest BCUT2D eigenvalue weighted by molar-refractivity contribution is 5.36. The smallest absolute Gasteiger partial charge is 0.390 e. The zero-order valence-corrected chi connectivity index (χ0v) is 12.1. The average Bonchev–Trinajstić information content (AvgIpc) is 2.46. The molecule has 1 saturated heterocycles. The summed E-state index contributed by atoms with van der Waals surface area (Å²) in [6.07, 6.45) is -5.05. The van der Waals surface area contributed by atoms with Crippen molar-refractivity contribution < 1.29 is 17.9 Å². The Balaban J connectivity index is 2.29. The maximum absolute atomic E-state index is 13.0. The summed E-state index contributed by atoms with van der Waals surface area (Å²) in [4.78, 5) is 1.89. The number of piperazine rings is 1. The molecule has 6 heteroatoms. The normalized spacial score (nSPS) is 18.5. The zero-order valence-electron chi connectivity index (χ0n) is 12.1. The lowest BCUT2D eigenvalue weighted by molar-refractivity contribution is -0.148. The molecule has 0 aromatic heterocycles. The molecule has 3 nitrogen and oxygen atoms in total. The van der Waals surface area contributed by atoms with Crippen molar-refractivity contribution >= 4 is 0 Å². The molecule has 2 rings (SSSR count). The van der Waals surface area contributed by atoms with Gasteiger partial charge in [-0.15, -0.1) is 0 Å². The summed E-state index contributed by atoms with van der Waals surface area (Å²) in [5, 5.41) is 3.17. The van der Waals surface area contributed by atoms with Crippen molar-refractivity contribution in [2.45, 2.75) is 25.6 Å². The summed E-state index contributed by atoms with van der Waals surface area (Å²) < 4.78 is 44.5. The van der Waals surface area contributed by atoms with Crippen molar-refractivity contribution in [3.63, 3.8) is 0 Å². The number of nitrogens with one attached hydrogen (secondary N) is 1. The van der Waals surface area contributed by atoms with Gasteiger partial charge in [0.2, 0.25) is 0 Å². The highest BCUT2D eigenvalue weighted by Gasteiger charge is 2.37. The largest absolute Gasteiger partial charge is 0.494 e. The Hall–Kier alpha value is -1.27. The van der Waals surface area contributed by atoms with Crippen molar-refractivity contribution in [2.24, 2.45) is 0 Å². The summed E-state index contributed by atoms with van der Waals surface area (Å²) in [5.74, 6) is 0.549. The number of halogens is 3. The van der Waals surface area contributed by atoms with Crippen LogP contribution < -0.4 is 10.1 Å². The first-order valence-corrected chi connectivity index (χ1v) is 7.24. The number of rotatable bonds is 5. The third kappa shape index (κ3) is 4.61. The van der Waals surface area contributed by atoms with Crippen LogP contribution in [0.2, 0.25) is 0 Å². The van der Waals surface area contributed by atoms with E-state index >= 15 is 0 Å². The molecule has 0 spiro atoms. The summed E-state index contributed by atoms with van der Waals surface area (Å²) in [5.41, 5.74) is 0.624. The molecular formula is C15H21F3N2O. The van der Waals surface area contributed by atoms with Gasteiger partial charge in [0.1, 0.15) is 5.75 Å². The van der Waals surface area contributed by atoms with E-state index in [4.69, 9.17) is 4.74 Å². The molecule has 118 valence electrons. The molecule has 0 amide bonds. The molecule has 1 heterocycles. The molecule has 1 aromatic rings. The Morgan fingerprint density at radius 1 is 1.24 bits per heavy atom. The van der Waals surface area contributed by atoms with Crippen LogP contribution in [-0.2, 0) is 0 Å².